The Balaban J connectivity index is 2.08. The molecule has 0 aromatic carbocycles. The average molecular weight is 295 g/mol. The Bertz CT molecular complexity index is 297. The summed E-state index contributed by atoms with van der Waals surface area (Å²) in [6, 6.07) is 2.20. The van der Waals surface area contributed by atoms with Gasteiger partial charge in [0.15, 0.2) is 0 Å². The molecule has 2 aliphatic rings. The van der Waals surface area contributed by atoms with Gasteiger partial charge in [0.25, 0.3) is 0 Å². The maximum atomic E-state index is 3.85. The number of hydrogen-bond donors (Lipinski definition) is 1. The van der Waals surface area contributed by atoms with Gasteiger partial charge in [-0.3, -0.25) is 4.90 Å². The molecule has 0 bridgehead atoms. The first kappa shape index (κ1) is 17.3. The van der Waals surface area contributed by atoms with Gasteiger partial charge in [-0.15, -0.1) is 0 Å². The lowest BCUT2D eigenvalue weighted by Gasteiger charge is -2.50. The van der Waals surface area contributed by atoms with Crippen molar-refractivity contribution in [1.29, 1.82) is 0 Å². The van der Waals surface area contributed by atoms with Gasteiger partial charge < -0.3 is 5.32 Å². The SMILES string of the molecule is CC(C)C1CNC(C(C)(C)C)CN1C1CCCCCCC1. The first-order valence-electron chi connectivity index (χ1n) is 9.38. The van der Waals surface area contributed by atoms with E-state index in [2.05, 4.69) is 44.8 Å². The molecule has 2 unspecified atom stereocenters. The van der Waals surface area contributed by atoms with Gasteiger partial charge in [-0.25, -0.2) is 0 Å². The van der Waals surface area contributed by atoms with Crippen LogP contribution in [0.15, 0.2) is 0 Å². The lowest BCUT2D eigenvalue weighted by molar-refractivity contribution is 0.0200. The summed E-state index contributed by atoms with van der Waals surface area (Å²) in [5, 5.41) is 3.85. The van der Waals surface area contributed by atoms with Crippen LogP contribution in [0.3, 0.4) is 0 Å². The highest BCUT2D eigenvalue weighted by molar-refractivity contribution is 4.95. The molecule has 124 valence electrons. The van der Waals surface area contributed by atoms with Crippen LogP contribution in [0.4, 0.5) is 0 Å². The molecular formula is C19H38N2. The largest absolute Gasteiger partial charge is 0.311 e. The van der Waals surface area contributed by atoms with E-state index < -0.39 is 0 Å². The van der Waals surface area contributed by atoms with Gasteiger partial charge in [-0.1, -0.05) is 66.7 Å². The Morgan fingerprint density at radius 1 is 0.952 bits per heavy atom. The van der Waals surface area contributed by atoms with Crippen LogP contribution in [-0.4, -0.2) is 36.1 Å². The summed E-state index contributed by atoms with van der Waals surface area (Å²) in [6.45, 7) is 14.4. The van der Waals surface area contributed by atoms with Gasteiger partial charge >= 0.3 is 0 Å². The smallest absolute Gasteiger partial charge is 0.0247 e. The van der Waals surface area contributed by atoms with Crippen molar-refractivity contribution in [3.63, 3.8) is 0 Å². The molecule has 2 nitrogen and oxygen atoms in total. The number of nitrogens with zero attached hydrogens (tertiary/aromatic N) is 1. The summed E-state index contributed by atoms with van der Waals surface area (Å²) in [5.74, 6) is 0.754. The Morgan fingerprint density at radius 3 is 2.05 bits per heavy atom. The number of piperazine rings is 1. The molecule has 1 aliphatic heterocycles. The highest BCUT2D eigenvalue weighted by atomic mass is 15.3. The summed E-state index contributed by atoms with van der Waals surface area (Å²) in [4.78, 5) is 2.91. The molecule has 0 aromatic rings. The van der Waals surface area contributed by atoms with Crippen LogP contribution in [0.5, 0.6) is 0 Å². The van der Waals surface area contributed by atoms with E-state index >= 15 is 0 Å². The van der Waals surface area contributed by atoms with Crippen LogP contribution in [-0.2, 0) is 0 Å². The van der Waals surface area contributed by atoms with Gasteiger partial charge in [0, 0.05) is 31.2 Å². The van der Waals surface area contributed by atoms with Crippen molar-refractivity contribution in [3.05, 3.63) is 0 Å². The predicted octanol–water partition coefficient (Wildman–Crippen LogP) is 4.44. The van der Waals surface area contributed by atoms with Gasteiger partial charge in [-0.2, -0.15) is 0 Å². The molecule has 2 fully saturated rings. The third kappa shape index (κ3) is 4.69. The summed E-state index contributed by atoms with van der Waals surface area (Å²) < 4.78 is 0. The second-order valence-corrected chi connectivity index (χ2v) is 8.83. The molecule has 0 amide bonds. The minimum absolute atomic E-state index is 0.363. The van der Waals surface area contributed by atoms with E-state index in [1.165, 1.54) is 58.0 Å². The molecule has 1 heterocycles. The predicted molar refractivity (Wildman–Crippen MR) is 92.7 cm³/mol. The van der Waals surface area contributed by atoms with E-state index in [1.807, 2.05) is 0 Å². The van der Waals surface area contributed by atoms with Gasteiger partial charge in [-0.05, 0) is 24.2 Å². The monoisotopic (exact) mass is 294 g/mol. The van der Waals surface area contributed by atoms with Crippen molar-refractivity contribution in [1.82, 2.24) is 10.2 Å². The quantitative estimate of drug-likeness (QED) is 0.810. The fourth-order valence-electron chi connectivity index (χ4n) is 4.18. The van der Waals surface area contributed by atoms with Crippen LogP contribution >= 0.6 is 0 Å². The molecule has 1 saturated carbocycles. The second kappa shape index (κ2) is 7.46. The molecule has 1 aliphatic carbocycles. The Morgan fingerprint density at radius 2 is 1.52 bits per heavy atom. The zero-order valence-electron chi connectivity index (χ0n) is 15.1. The van der Waals surface area contributed by atoms with Crippen LogP contribution in [0.1, 0.15) is 79.6 Å². The average Bonchev–Trinajstić information content (AvgIpc) is 2.36. The lowest BCUT2D eigenvalue weighted by atomic mass is 9.82. The van der Waals surface area contributed by atoms with Crippen molar-refractivity contribution in [3.8, 4) is 0 Å². The summed E-state index contributed by atoms with van der Waals surface area (Å²) in [7, 11) is 0. The molecule has 0 radical (unpaired) electrons. The Labute approximate surface area is 133 Å². The lowest BCUT2D eigenvalue weighted by Crippen LogP contribution is -2.64. The number of nitrogens with one attached hydrogen (secondary N) is 1. The molecular weight excluding hydrogens is 256 g/mol. The summed E-state index contributed by atoms with van der Waals surface area (Å²) in [5.41, 5.74) is 0.363. The zero-order chi connectivity index (χ0) is 15.5. The van der Waals surface area contributed by atoms with Crippen LogP contribution in [0, 0.1) is 11.3 Å². The van der Waals surface area contributed by atoms with Gasteiger partial charge in [0.2, 0.25) is 0 Å². The maximum absolute atomic E-state index is 3.85. The molecule has 0 spiro atoms. The highest BCUT2D eigenvalue weighted by Crippen LogP contribution is 2.30. The first-order valence-corrected chi connectivity index (χ1v) is 9.38. The third-order valence-corrected chi connectivity index (χ3v) is 5.75. The number of hydrogen-bond acceptors (Lipinski definition) is 2. The molecule has 21 heavy (non-hydrogen) atoms. The van der Waals surface area contributed by atoms with Crippen molar-refractivity contribution in [2.75, 3.05) is 13.1 Å². The van der Waals surface area contributed by atoms with Crippen molar-refractivity contribution in [2.24, 2.45) is 11.3 Å². The molecule has 2 atom stereocenters. The standard InChI is InChI=1S/C19H38N2/c1-15(2)17-13-20-18(19(3,4)5)14-21(17)16-11-9-7-6-8-10-12-16/h15-18,20H,6-14H2,1-5H3. The maximum Gasteiger partial charge on any atom is 0.0247 e. The molecule has 2 rings (SSSR count). The second-order valence-electron chi connectivity index (χ2n) is 8.83. The molecule has 1 N–H and O–H groups in total. The molecule has 2 heteroatoms. The van der Waals surface area contributed by atoms with Crippen LogP contribution < -0.4 is 5.32 Å². The van der Waals surface area contributed by atoms with E-state index in [0.717, 1.165) is 18.0 Å². The van der Waals surface area contributed by atoms with Crippen LogP contribution in [0.2, 0.25) is 0 Å². The van der Waals surface area contributed by atoms with E-state index in [9.17, 15) is 0 Å². The molecule has 0 aromatic heterocycles. The fourth-order valence-corrected chi connectivity index (χ4v) is 4.18. The molecule has 1 saturated heterocycles. The van der Waals surface area contributed by atoms with Crippen molar-refractivity contribution < 1.29 is 0 Å². The third-order valence-electron chi connectivity index (χ3n) is 5.75. The van der Waals surface area contributed by atoms with E-state index in [4.69, 9.17) is 0 Å². The Hall–Kier alpha value is -0.0800. The zero-order valence-corrected chi connectivity index (χ0v) is 15.1. The minimum Gasteiger partial charge on any atom is -0.311 e. The van der Waals surface area contributed by atoms with Gasteiger partial charge in [0.05, 0.1) is 0 Å². The van der Waals surface area contributed by atoms with Crippen molar-refractivity contribution in [2.45, 2.75) is 97.7 Å². The highest BCUT2D eigenvalue weighted by Gasteiger charge is 2.38. The van der Waals surface area contributed by atoms with Gasteiger partial charge in [0.1, 0.15) is 0 Å². The number of rotatable bonds is 2. The van der Waals surface area contributed by atoms with Crippen LogP contribution in [0.25, 0.3) is 0 Å². The summed E-state index contributed by atoms with van der Waals surface area (Å²) in [6.07, 6.45) is 10.1. The fraction of sp³-hybridized carbons (Fsp3) is 1.00. The van der Waals surface area contributed by atoms with Crippen molar-refractivity contribution >= 4 is 0 Å². The normalized spacial score (nSPS) is 31.1. The van der Waals surface area contributed by atoms with E-state index in [0.29, 0.717) is 11.5 Å². The summed E-state index contributed by atoms with van der Waals surface area (Å²) >= 11 is 0. The first-order chi connectivity index (χ1) is 9.89. The topological polar surface area (TPSA) is 15.3 Å². The van der Waals surface area contributed by atoms with E-state index in [-0.39, 0.29) is 0 Å². The Kier molecular flexibility index (Phi) is 6.14. The van der Waals surface area contributed by atoms with E-state index in [1.54, 1.807) is 0 Å². The minimum atomic E-state index is 0.363.